The number of nitriles is 1. The van der Waals surface area contributed by atoms with Crippen LogP contribution in [0.2, 0.25) is 0 Å². The Bertz CT molecular complexity index is 1620. The summed E-state index contributed by atoms with van der Waals surface area (Å²) in [4.78, 5) is 28.9. The first-order valence-corrected chi connectivity index (χ1v) is 15.3. The normalized spacial score (nSPS) is 23.3. The van der Waals surface area contributed by atoms with Crippen LogP contribution in [0.3, 0.4) is 0 Å². The van der Waals surface area contributed by atoms with Crippen molar-refractivity contribution in [2.75, 3.05) is 11.9 Å². The highest BCUT2D eigenvalue weighted by Crippen LogP contribution is 2.61. The van der Waals surface area contributed by atoms with Crippen LogP contribution < -0.4 is 10.9 Å². The molecule has 4 N–H and O–H groups in total. The number of hydrogen-bond donors (Lipinski definition) is 4. The average molecular weight is 599 g/mol. The van der Waals surface area contributed by atoms with Crippen molar-refractivity contribution in [2.24, 2.45) is 0 Å². The Hall–Kier alpha value is -3.41. The third-order valence-corrected chi connectivity index (χ3v) is 9.82. The maximum Gasteiger partial charge on any atom is 0.335 e. The molecule has 226 valence electrons. The number of aromatic nitrogens is 3. The van der Waals surface area contributed by atoms with Crippen LogP contribution in [-0.4, -0.2) is 58.0 Å². The second-order valence-corrected chi connectivity index (χ2v) is 14.9. The molecule has 0 bridgehead atoms. The van der Waals surface area contributed by atoms with Crippen molar-refractivity contribution in [3.8, 4) is 6.07 Å². The molecule has 0 amide bonds. The lowest BCUT2D eigenvalue weighted by molar-refractivity contribution is -0.176. The minimum Gasteiger partial charge on any atom is -0.458 e. The van der Waals surface area contributed by atoms with Gasteiger partial charge in [-0.05, 0) is 84.2 Å². The monoisotopic (exact) mass is 598 g/mol. The Balaban J connectivity index is 1.49. The number of rotatable bonds is 5. The van der Waals surface area contributed by atoms with E-state index in [4.69, 9.17) is 14.6 Å². The van der Waals surface area contributed by atoms with Crippen molar-refractivity contribution >= 4 is 39.2 Å². The Morgan fingerprint density at radius 2 is 2.02 bits per heavy atom. The molecule has 4 heterocycles. The number of fused-ring (bicyclic) bond motifs is 2. The lowest BCUT2D eigenvalue weighted by atomic mass is 9.87. The molecule has 2 aliphatic heterocycles. The number of H-pyrrole nitrogens is 1. The summed E-state index contributed by atoms with van der Waals surface area (Å²) in [5.41, 5.74) is -0.484. The highest BCUT2D eigenvalue weighted by molar-refractivity contribution is 8.22. The van der Waals surface area contributed by atoms with Gasteiger partial charge in [-0.3, -0.25) is 18.6 Å². The van der Waals surface area contributed by atoms with Crippen LogP contribution in [0.5, 0.6) is 0 Å². The average Bonchev–Trinajstić information content (AvgIpc) is 3.39. The van der Waals surface area contributed by atoms with Gasteiger partial charge in [0.25, 0.3) is 5.56 Å². The fourth-order valence-electron chi connectivity index (χ4n) is 5.59. The van der Waals surface area contributed by atoms with Gasteiger partial charge >= 0.3 is 5.97 Å². The lowest BCUT2D eigenvalue weighted by Crippen LogP contribution is -2.47. The van der Waals surface area contributed by atoms with E-state index in [1.807, 2.05) is 26.8 Å². The smallest absolute Gasteiger partial charge is 0.335 e. The van der Waals surface area contributed by atoms with Crippen LogP contribution in [0.1, 0.15) is 66.4 Å². The Kier molecular flexibility index (Phi) is 7.44. The van der Waals surface area contributed by atoms with Gasteiger partial charge in [-0.2, -0.15) is 14.7 Å². The topological polar surface area (TPSA) is 166 Å². The first-order valence-electron chi connectivity index (χ1n) is 13.8. The molecule has 1 aromatic carbocycles. The molecule has 2 atom stereocenters. The van der Waals surface area contributed by atoms with Gasteiger partial charge in [-0.15, -0.1) is 10.8 Å². The van der Waals surface area contributed by atoms with Crippen molar-refractivity contribution in [1.82, 2.24) is 19.1 Å². The van der Waals surface area contributed by atoms with E-state index in [2.05, 4.69) is 16.4 Å². The van der Waals surface area contributed by atoms with E-state index in [1.165, 1.54) is 6.20 Å². The lowest BCUT2D eigenvalue weighted by Gasteiger charge is -2.44. The SMILES string of the molecule is CC(C)(C)OC(=O)[C@H]1CC[C@](CC#N)(n2nc(Nc3ccc4c(c3)CN(C(C)(C)C)S4(O)O)c3c(=O)[nH]ccc32)CO1. The van der Waals surface area contributed by atoms with Gasteiger partial charge in [0.1, 0.15) is 11.0 Å². The van der Waals surface area contributed by atoms with Crippen LogP contribution in [0.4, 0.5) is 11.5 Å². The second-order valence-electron chi connectivity index (χ2n) is 12.9. The molecule has 2 aliphatic rings. The van der Waals surface area contributed by atoms with Crippen LogP contribution in [-0.2, 0) is 26.4 Å². The standard InChI is InChI=1S/C29H38N6O6S/c1-27(2,3)34-16-18-15-19(7-8-22(18)42(34,38)39)32-24-23-20(10-14-31-25(23)36)35(33-24)29(12-13-30)11-9-21(40-17-29)26(37)41-28(4,5)6/h7-8,10,14-15,21,38-39H,9,11-12,16-17H2,1-6H3,(H,31,36)(H,32,33)/t21-,29-/m1/s1. The summed E-state index contributed by atoms with van der Waals surface area (Å²) in [6.07, 6.45) is 1.56. The zero-order valence-electron chi connectivity index (χ0n) is 24.7. The predicted octanol–water partition coefficient (Wildman–Crippen LogP) is 5.24. The summed E-state index contributed by atoms with van der Waals surface area (Å²) in [6.45, 7) is 11.6. The van der Waals surface area contributed by atoms with Gasteiger partial charge in [0, 0.05) is 24.0 Å². The van der Waals surface area contributed by atoms with Gasteiger partial charge in [0.2, 0.25) is 0 Å². The van der Waals surface area contributed by atoms with E-state index in [9.17, 15) is 24.0 Å². The number of nitrogens with zero attached hydrogens (tertiary/aromatic N) is 4. The van der Waals surface area contributed by atoms with Crippen LogP contribution in [0, 0.1) is 11.3 Å². The summed E-state index contributed by atoms with van der Waals surface area (Å²) in [7, 11) is -3.13. The number of aromatic amines is 1. The van der Waals surface area contributed by atoms with Crippen LogP contribution in [0.25, 0.3) is 10.9 Å². The molecule has 5 rings (SSSR count). The quantitative estimate of drug-likeness (QED) is 0.285. The van der Waals surface area contributed by atoms with Gasteiger partial charge in [-0.25, -0.2) is 4.79 Å². The Morgan fingerprint density at radius 1 is 1.29 bits per heavy atom. The third-order valence-electron chi connectivity index (χ3n) is 7.54. The number of anilines is 2. The molecule has 0 radical (unpaired) electrons. The summed E-state index contributed by atoms with van der Waals surface area (Å²) in [6, 6.07) is 9.21. The summed E-state index contributed by atoms with van der Waals surface area (Å²) >= 11 is 0. The number of benzene rings is 1. The van der Waals surface area contributed by atoms with Gasteiger partial charge in [0.05, 0.1) is 35.0 Å². The number of ether oxygens (including phenoxy) is 2. The molecule has 0 aliphatic carbocycles. The summed E-state index contributed by atoms with van der Waals surface area (Å²) in [5.74, 6) is -0.161. The summed E-state index contributed by atoms with van der Waals surface area (Å²) < 4.78 is 36.7. The highest BCUT2D eigenvalue weighted by atomic mass is 32.3. The predicted molar refractivity (Wildman–Crippen MR) is 160 cm³/mol. The first-order chi connectivity index (χ1) is 19.6. The third kappa shape index (κ3) is 5.41. The molecule has 0 saturated carbocycles. The Labute approximate surface area is 246 Å². The number of carbonyl (C=O) groups excluding carboxylic acids is 1. The molecule has 1 fully saturated rings. The maximum atomic E-state index is 13.1. The van der Waals surface area contributed by atoms with Gasteiger partial charge in [-0.1, -0.05) is 0 Å². The number of esters is 1. The molecule has 0 spiro atoms. The number of pyridine rings is 1. The van der Waals surface area contributed by atoms with Gasteiger partial charge in [0.15, 0.2) is 11.9 Å². The van der Waals surface area contributed by atoms with E-state index in [0.717, 1.165) is 5.56 Å². The van der Waals surface area contributed by atoms with E-state index in [-0.39, 0.29) is 24.4 Å². The van der Waals surface area contributed by atoms with E-state index < -0.39 is 39.5 Å². The Morgan fingerprint density at radius 3 is 2.64 bits per heavy atom. The van der Waals surface area contributed by atoms with Crippen LogP contribution >= 0.6 is 10.8 Å². The molecule has 1 saturated heterocycles. The number of nitrogens with one attached hydrogen (secondary N) is 2. The first kappa shape index (κ1) is 30.1. The molecule has 0 unspecified atom stereocenters. The van der Waals surface area contributed by atoms with Crippen molar-refractivity contribution in [3.63, 3.8) is 0 Å². The van der Waals surface area contributed by atoms with Crippen molar-refractivity contribution < 1.29 is 23.4 Å². The zero-order chi connectivity index (χ0) is 30.7. The zero-order valence-corrected chi connectivity index (χ0v) is 25.5. The molecule has 13 heteroatoms. The molecule has 2 aromatic heterocycles. The van der Waals surface area contributed by atoms with Crippen molar-refractivity contribution in [2.45, 2.75) is 95.0 Å². The van der Waals surface area contributed by atoms with Gasteiger partial charge < -0.3 is 19.8 Å². The fourth-order valence-corrected chi connectivity index (χ4v) is 7.63. The fraction of sp³-hybridized carbons (Fsp3) is 0.517. The van der Waals surface area contributed by atoms with Crippen molar-refractivity contribution in [1.29, 1.82) is 5.26 Å². The largest absolute Gasteiger partial charge is 0.458 e. The molecule has 3 aromatic rings. The molecular weight excluding hydrogens is 560 g/mol. The summed E-state index contributed by atoms with van der Waals surface area (Å²) in [5, 5.41) is 18.1. The second kappa shape index (κ2) is 10.4. The number of hydrogen-bond acceptors (Lipinski definition) is 10. The molecule has 12 nitrogen and oxygen atoms in total. The van der Waals surface area contributed by atoms with Crippen LogP contribution in [0.15, 0.2) is 40.2 Å². The van der Waals surface area contributed by atoms with E-state index in [1.54, 1.807) is 48.0 Å². The van der Waals surface area contributed by atoms with E-state index in [0.29, 0.717) is 40.9 Å². The molecular formula is C29H38N6O6S. The molecule has 42 heavy (non-hydrogen) atoms. The highest BCUT2D eigenvalue weighted by Gasteiger charge is 2.44. The number of carbonyl (C=O) groups is 1. The van der Waals surface area contributed by atoms with Crippen molar-refractivity contribution in [3.05, 3.63) is 46.4 Å². The minimum absolute atomic E-state index is 0.0346. The maximum absolute atomic E-state index is 13.1. The van der Waals surface area contributed by atoms with E-state index >= 15 is 0 Å². The minimum atomic E-state index is -3.13.